The minimum absolute atomic E-state index is 0.342. The van der Waals surface area contributed by atoms with Crippen molar-refractivity contribution in [1.82, 2.24) is 9.71 Å². The van der Waals surface area contributed by atoms with Crippen molar-refractivity contribution >= 4 is 27.9 Å². The van der Waals surface area contributed by atoms with Gasteiger partial charge in [0.05, 0.1) is 12.6 Å². The molecule has 1 fully saturated rings. The van der Waals surface area contributed by atoms with Gasteiger partial charge in [-0.2, -0.15) is 0 Å². The topological polar surface area (TPSA) is 77.5 Å². The largest absolute Gasteiger partial charge is 0.760 e. The Morgan fingerprint density at radius 3 is 2.84 bits per heavy atom. The van der Waals surface area contributed by atoms with E-state index in [2.05, 4.69) is 27.6 Å². The number of pyridine rings is 1. The maximum Gasteiger partial charge on any atom is 0.119 e. The predicted molar refractivity (Wildman–Crippen MR) is 99.3 cm³/mol. The molecule has 1 aliphatic rings. The SMILES string of the molecule is COc1ccc2nccc(N3CCC(C(C)CNS(=O)[O-])CC3)c2c1. The lowest BCUT2D eigenvalue weighted by Gasteiger charge is -2.36. The average molecular weight is 362 g/mol. The summed E-state index contributed by atoms with van der Waals surface area (Å²) in [6, 6.07) is 8.02. The van der Waals surface area contributed by atoms with Crippen molar-refractivity contribution in [2.45, 2.75) is 19.8 Å². The molecule has 0 spiro atoms. The number of anilines is 1. The zero-order chi connectivity index (χ0) is 17.8. The van der Waals surface area contributed by atoms with E-state index in [4.69, 9.17) is 4.74 Å². The molecule has 0 radical (unpaired) electrons. The standard InChI is InChI=1S/C18H25N3O3S/c1-13(12-20-25(22)23)14-6-9-21(10-7-14)18-5-8-19-17-4-3-15(24-2)11-16(17)18/h3-5,8,11,13-14,20H,6-7,9-10,12H2,1-2H3,(H,22,23)/p-1. The number of fused-ring (bicyclic) bond motifs is 1. The molecular formula is C18H24N3O3S-. The lowest BCUT2D eigenvalue weighted by atomic mass is 9.85. The summed E-state index contributed by atoms with van der Waals surface area (Å²) in [5.74, 6) is 1.71. The van der Waals surface area contributed by atoms with Crippen LogP contribution in [0.1, 0.15) is 19.8 Å². The number of hydrogen-bond donors (Lipinski definition) is 1. The number of piperidine rings is 1. The van der Waals surface area contributed by atoms with E-state index in [1.807, 2.05) is 24.4 Å². The Labute approximate surface area is 151 Å². The molecule has 0 saturated carbocycles. The normalized spacial score (nSPS) is 18.3. The highest BCUT2D eigenvalue weighted by Gasteiger charge is 2.24. The molecule has 7 heteroatoms. The molecule has 0 aliphatic carbocycles. The van der Waals surface area contributed by atoms with E-state index in [-0.39, 0.29) is 0 Å². The van der Waals surface area contributed by atoms with Gasteiger partial charge in [0.25, 0.3) is 0 Å². The van der Waals surface area contributed by atoms with E-state index < -0.39 is 11.3 Å². The van der Waals surface area contributed by atoms with E-state index in [0.717, 1.165) is 42.6 Å². The first kappa shape index (κ1) is 18.1. The van der Waals surface area contributed by atoms with E-state index >= 15 is 0 Å². The van der Waals surface area contributed by atoms with E-state index in [1.54, 1.807) is 7.11 Å². The number of benzene rings is 1. The Hall–Kier alpha value is -1.70. The third kappa shape index (κ3) is 4.29. The highest BCUT2D eigenvalue weighted by molar-refractivity contribution is 7.77. The molecule has 2 heterocycles. The molecule has 6 nitrogen and oxygen atoms in total. The van der Waals surface area contributed by atoms with E-state index in [1.165, 1.54) is 5.69 Å². The third-order valence-corrected chi connectivity index (χ3v) is 5.54. The summed E-state index contributed by atoms with van der Waals surface area (Å²) in [6.45, 7) is 4.56. The molecule has 2 atom stereocenters. The monoisotopic (exact) mass is 362 g/mol. The van der Waals surface area contributed by atoms with Crippen LogP contribution in [0.25, 0.3) is 10.9 Å². The van der Waals surface area contributed by atoms with Gasteiger partial charge in [-0.25, -0.2) is 4.72 Å². The van der Waals surface area contributed by atoms with Crippen LogP contribution in [0.5, 0.6) is 5.75 Å². The van der Waals surface area contributed by atoms with Gasteiger partial charge in [-0.05, 0) is 48.9 Å². The average Bonchev–Trinajstić information content (AvgIpc) is 2.65. The Bertz CT molecular complexity index is 747. The molecule has 2 aromatic rings. The van der Waals surface area contributed by atoms with Crippen molar-refractivity contribution in [1.29, 1.82) is 0 Å². The first-order valence-corrected chi connectivity index (χ1v) is 9.66. The first-order chi connectivity index (χ1) is 12.1. The van der Waals surface area contributed by atoms with Crippen molar-refractivity contribution in [2.24, 2.45) is 11.8 Å². The maximum absolute atomic E-state index is 10.7. The third-order valence-electron chi connectivity index (χ3n) is 5.13. The summed E-state index contributed by atoms with van der Waals surface area (Å²) in [5.41, 5.74) is 2.16. The minimum atomic E-state index is -2.18. The van der Waals surface area contributed by atoms with Crippen LogP contribution < -0.4 is 14.4 Å². The lowest BCUT2D eigenvalue weighted by molar-refractivity contribution is 0.292. The summed E-state index contributed by atoms with van der Waals surface area (Å²) in [7, 11) is 1.67. The second-order valence-corrected chi connectivity index (χ2v) is 7.36. The number of nitrogens with one attached hydrogen (secondary N) is 1. The van der Waals surface area contributed by atoms with Crippen molar-refractivity contribution in [3.8, 4) is 5.75 Å². The summed E-state index contributed by atoms with van der Waals surface area (Å²) in [4.78, 5) is 6.84. The Kier molecular flexibility index (Phi) is 5.88. The number of methoxy groups -OCH3 is 1. The van der Waals surface area contributed by atoms with Crippen molar-refractivity contribution in [3.05, 3.63) is 30.5 Å². The van der Waals surface area contributed by atoms with E-state index in [0.29, 0.717) is 18.4 Å². The minimum Gasteiger partial charge on any atom is -0.760 e. The maximum atomic E-state index is 10.7. The highest BCUT2D eigenvalue weighted by atomic mass is 32.2. The fraction of sp³-hybridized carbons (Fsp3) is 0.500. The van der Waals surface area contributed by atoms with Crippen LogP contribution in [-0.4, -0.2) is 40.5 Å². The lowest BCUT2D eigenvalue weighted by Crippen LogP contribution is -2.38. The summed E-state index contributed by atoms with van der Waals surface area (Å²) >= 11 is -2.18. The molecule has 136 valence electrons. The van der Waals surface area contributed by atoms with Crippen LogP contribution in [0.3, 0.4) is 0 Å². The van der Waals surface area contributed by atoms with Crippen LogP contribution in [0.15, 0.2) is 30.5 Å². The molecule has 2 unspecified atom stereocenters. The molecule has 1 aromatic heterocycles. The van der Waals surface area contributed by atoms with Gasteiger partial charge in [0, 0.05) is 48.2 Å². The number of ether oxygens (including phenoxy) is 1. The second-order valence-electron chi connectivity index (χ2n) is 6.60. The van der Waals surface area contributed by atoms with Crippen LogP contribution in [0.4, 0.5) is 5.69 Å². The molecule has 0 amide bonds. The van der Waals surface area contributed by atoms with E-state index in [9.17, 15) is 8.76 Å². The fourth-order valence-corrected chi connectivity index (χ4v) is 3.99. The molecule has 1 aromatic carbocycles. The highest BCUT2D eigenvalue weighted by Crippen LogP contribution is 2.33. The Balaban J connectivity index is 1.70. The number of aromatic nitrogens is 1. The molecule has 25 heavy (non-hydrogen) atoms. The van der Waals surface area contributed by atoms with Gasteiger partial charge < -0.3 is 14.2 Å². The van der Waals surface area contributed by atoms with Gasteiger partial charge >= 0.3 is 0 Å². The van der Waals surface area contributed by atoms with Gasteiger partial charge in [0.15, 0.2) is 0 Å². The summed E-state index contributed by atoms with van der Waals surface area (Å²) in [6.07, 6.45) is 3.97. The molecule has 0 bridgehead atoms. The van der Waals surface area contributed by atoms with Gasteiger partial charge in [-0.15, -0.1) is 0 Å². The van der Waals surface area contributed by atoms with Crippen LogP contribution in [0.2, 0.25) is 0 Å². The van der Waals surface area contributed by atoms with Crippen LogP contribution in [0, 0.1) is 11.8 Å². The van der Waals surface area contributed by atoms with Crippen LogP contribution in [-0.2, 0) is 11.3 Å². The Morgan fingerprint density at radius 2 is 2.16 bits per heavy atom. The summed E-state index contributed by atoms with van der Waals surface area (Å²) < 4.78 is 29.2. The number of nitrogens with zero attached hydrogens (tertiary/aromatic N) is 2. The summed E-state index contributed by atoms with van der Waals surface area (Å²) in [5, 5.41) is 1.11. The van der Waals surface area contributed by atoms with Crippen molar-refractivity contribution in [3.63, 3.8) is 0 Å². The Morgan fingerprint density at radius 1 is 1.40 bits per heavy atom. The fourth-order valence-electron chi connectivity index (χ4n) is 3.59. The van der Waals surface area contributed by atoms with Gasteiger partial charge in [-0.1, -0.05) is 6.92 Å². The molecular weight excluding hydrogens is 338 g/mol. The number of rotatable bonds is 6. The first-order valence-electron chi connectivity index (χ1n) is 8.59. The zero-order valence-electron chi connectivity index (χ0n) is 14.6. The molecule has 1 saturated heterocycles. The quantitative estimate of drug-likeness (QED) is 0.799. The van der Waals surface area contributed by atoms with Gasteiger partial charge in [-0.3, -0.25) is 9.19 Å². The van der Waals surface area contributed by atoms with Gasteiger partial charge in [0.2, 0.25) is 0 Å². The molecule has 3 rings (SSSR count). The molecule has 1 aliphatic heterocycles. The van der Waals surface area contributed by atoms with Crippen molar-refractivity contribution in [2.75, 3.05) is 31.6 Å². The van der Waals surface area contributed by atoms with Crippen LogP contribution >= 0.6 is 0 Å². The smallest absolute Gasteiger partial charge is 0.119 e. The predicted octanol–water partition coefficient (Wildman–Crippen LogP) is 2.48. The number of hydrogen-bond acceptors (Lipinski definition) is 5. The van der Waals surface area contributed by atoms with Gasteiger partial charge in [0.1, 0.15) is 5.75 Å². The zero-order valence-corrected chi connectivity index (χ0v) is 15.4. The second kappa shape index (κ2) is 8.12. The molecule has 1 N–H and O–H groups in total. The van der Waals surface area contributed by atoms with Crippen molar-refractivity contribution < 1.29 is 13.5 Å².